The predicted molar refractivity (Wildman–Crippen MR) is 252 cm³/mol. The topological polar surface area (TPSA) is 145 Å². The van der Waals surface area contributed by atoms with Gasteiger partial charge in [-0.05, 0) is 127 Å². The fourth-order valence-electron chi connectivity index (χ4n) is 8.72. The lowest BCUT2D eigenvalue weighted by molar-refractivity contribution is -0.128. The van der Waals surface area contributed by atoms with E-state index in [1.54, 1.807) is 46.1 Å². The fourth-order valence-corrected chi connectivity index (χ4v) is 9.57. The van der Waals surface area contributed by atoms with E-state index >= 15 is 0 Å². The highest BCUT2D eigenvalue weighted by atomic mass is 79.9. The highest BCUT2D eigenvalue weighted by Gasteiger charge is 2.35. The fraction of sp³-hybridized carbons (Fsp3) is 0.300. The molecule has 0 radical (unpaired) electrons. The number of anilines is 2. The highest BCUT2D eigenvalue weighted by Crippen LogP contribution is 2.41. The third-order valence-corrected chi connectivity index (χ3v) is 13.4. The molecule has 0 bridgehead atoms. The van der Waals surface area contributed by atoms with E-state index in [-0.39, 0.29) is 36.7 Å². The molecule has 6 aromatic rings. The van der Waals surface area contributed by atoms with Gasteiger partial charge in [-0.2, -0.15) is 0 Å². The minimum atomic E-state index is -0.760. The Kier molecular flexibility index (Phi) is 12.9. The van der Waals surface area contributed by atoms with Gasteiger partial charge in [0.2, 0.25) is 23.6 Å². The molecule has 4 atom stereocenters. The SMILES string of the molecule is CNC(C)C(=O)NC1CCc2cc(-c3ccc4cccc(CN5C(=O)C(NC(=O)C(C)NC)CCc6ccccc65)c4c3Br)ccc2N(Cc2c(OC)cnc3ccccc23)C1=O. The van der Waals surface area contributed by atoms with Gasteiger partial charge in [-0.25, -0.2) is 0 Å². The summed E-state index contributed by atoms with van der Waals surface area (Å²) in [5.74, 6) is -0.266. The highest BCUT2D eigenvalue weighted by molar-refractivity contribution is 9.10. The molecule has 63 heavy (non-hydrogen) atoms. The van der Waals surface area contributed by atoms with E-state index in [4.69, 9.17) is 4.74 Å². The zero-order valence-electron chi connectivity index (χ0n) is 36.1. The lowest BCUT2D eigenvalue weighted by Crippen LogP contribution is -2.52. The Hall–Kier alpha value is -6.15. The number of amides is 4. The summed E-state index contributed by atoms with van der Waals surface area (Å²) in [7, 11) is 5.04. The summed E-state index contributed by atoms with van der Waals surface area (Å²) in [6.07, 6.45) is 3.78. The molecule has 5 aromatic carbocycles. The van der Waals surface area contributed by atoms with Gasteiger partial charge in [-0.3, -0.25) is 24.2 Å². The van der Waals surface area contributed by atoms with Crippen LogP contribution in [0.1, 0.15) is 48.9 Å². The average molecular weight is 911 g/mol. The van der Waals surface area contributed by atoms with Crippen molar-refractivity contribution in [3.05, 3.63) is 130 Å². The van der Waals surface area contributed by atoms with E-state index in [0.717, 1.165) is 70.9 Å². The van der Waals surface area contributed by atoms with E-state index in [2.05, 4.69) is 78.6 Å². The molecule has 0 saturated carbocycles. The van der Waals surface area contributed by atoms with E-state index in [9.17, 15) is 19.2 Å². The van der Waals surface area contributed by atoms with Crippen LogP contribution in [-0.4, -0.2) is 74.0 Å². The second-order valence-corrected chi connectivity index (χ2v) is 17.1. The first kappa shape index (κ1) is 43.5. The first-order chi connectivity index (χ1) is 30.5. The Morgan fingerprint density at radius 1 is 0.762 bits per heavy atom. The number of benzene rings is 5. The van der Waals surface area contributed by atoms with Crippen LogP contribution in [0.3, 0.4) is 0 Å². The second kappa shape index (κ2) is 18.7. The molecule has 324 valence electrons. The van der Waals surface area contributed by atoms with Gasteiger partial charge in [0, 0.05) is 32.2 Å². The number of pyridine rings is 1. The molecule has 0 fully saturated rings. The van der Waals surface area contributed by atoms with E-state index in [1.165, 1.54) is 0 Å². The maximum Gasteiger partial charge on any atom is 0.249 e. The number of fused-ring (bicyclic) bond motifs is 4. The van der Waals surface area contributed by atoms with Crippen molar-refractivity contribution in [1.82, 2.24) is 26.3 Å². The molecule has 12 nitrogen and oxygen atoms in total. The molecule has 0 aliphatic carbocycles. The Labute approximate surface area is 375 Å². The lowest BCUT2D eigenvalue weighted by Gasteiger charge is -2.28. The van der Waals surface area contributed by atoms with Crippen molar-refractivity contribution in [2.45, 2.75) is 76.8 Å². The number of aromatic nitrogens is 1. The molecule has 4 N–H and O–H groups in total. The molecule has 8 rings (SSSR count). The van der Waals surface area contributed by atoms with Crippen LogP contribution in [0, 0.1) is 0 Å². The van der Waals surface area contributed by atoms with Gasteiger partial charge in [0.1, 0.15) is 17.8 Å². The monoisotopic (exact) mass is 909 g/mol. The van der Waals surface area contributed by atoms with Crippen LogP contribution in [0.5, 0.6) is 5.75 Å². The molecule has 2 aliphatic rings. The van der Waals surface area contributed by atoms with Crippen LogP contribution in [-0.2, 0) is 45.1 Å². The van der Waals surface area contributed by atoms with Gasteiger partial charge in [0.05, 0.1) is 44.0 Å². The number of hydrogen-bond acceptors (Lipinski definition) is 8. The van der Waals surface area contributed by atoms with Crippen molar-refractivity contribution in [2.75, 3.05) is 31.0 Å². The zero-order valence-corrected chi connectivity index (χ0v) is 37.7. The third kappa shape index (κ3) is 8.65. The first-order valence-electron chi connectivity index (χ1n) is 21.4. The molecule has 13 heteroatoms. The second-order valence-electron chi connectivity index (χ2n) is 16.3. The van der Waals surface area contributed by atoms with E-state index < -0.39 is 24.2 Å². The molecule has 2 aliphatic heterocycles. The number of carbonyl (C=O) groups excluding carboxylic acids is 4. The van der Waals surface area contributed by atoms with Crippen LogP contribution in [0.2, 0.25) is 0 Å². The number of halogens is 1. The Morgan fingerprint density at radius 3 is 2.10 bits per heavy atom. The number of aryl methyl sites for hydroxylation is 2. The number of hydrogen-bond donors (Lipinski definition) is 4. The van der Waals surface area contributed by atoms with Crippen LogP contribution in [0.25, 0.3) is 32.8 Å². The van der Waals surface area contributed by atoms with Crippen molar-refractivity contribution in [3.63, 3.8) is 0 Å². The van der Waals surface area contributed by atoms with Gasteiger partial charge in [-0.1, -0.05) is 72.8 Å². The normalized spacial score (nSPS) is 17.4. The zero-order chi connectivity index (χ0) is 44.4. The minimum absolute atomic E-state index is 0.155. The summed E-state index contributed by atoms with van der Waals surface area (Å²) in [5.41, 5.74) is 8.05. The predicted octanol–water partition coefficient (Wildman–Crippen LogP) is 6.97. The van der Waals surface area contributed by atoms with Crippen molar-refractivity contribution < 1.29 is 23.9 Å². The van der Waals surface area contributed by atoms with E-state index in [0.29, 0.717) is 31.4 Å². The van der Waals surface area contributed by atoms with Crippen molar-refractivity contribution in [1.29, 1.82) is 0 Å². The number of para-hydroxylation sites is 2. The average Bonchev–Trinajstić information content (AvgIpc) is 3.52. The Balaban J connectivity index is 1.18. The largest absolute Gasteiger partial charge is 0.495 e. The summed E-state index contributed by atoms with van der Waals surface area (Å²) < 4.78 is 6.68. The molecule has 3 heterocycles. The van der Waals surface area contributed by atoms with Gasteiger partial charge < -0.3 is 35.8 Å². The number of likely N-dealkylation sites (N-methyl/N-ethyl adjacent to an activating group) is 2. The number of nitrogens with one attached hydrogen (secondary N) is 4. The maximum atomic E-state index is 14.7. The maximum absolute atomic E-state index is 14.7. The minimum Gasteiger partial charge on any atom is -0.495 e. The summed E-state index contributed by atoms with van der Waals surface area (Å²) in [6.45, 7) is 4.03. The van der Waals surface area contributed by atoms with Gasteiger partial charge >= 0.3 is 0 Å². The van der Waals surface area contributed by atoms with Crippen LogP contribution >= 0.6 is 15.9 Å². The molecular weight excluding hydrogens is 858 g/mol. The molecule has 4 unspecified atom stereocenters. The van der Waals surface area contributed by atoms with Crippen molar-refractivity contribution in [2.24, 2.45) is 0 Å². The number of rotatable bonds is 12. The Bertz CT molecular complexity index is 2740. The summed E-state index contributed by atoms with van der Waals surface area (Å²) in [4.78, 5) is 63.5. The third-order valence-electron chi connectivity index (χ3n) is 12.6. The summed E-state index contributed by atoms with van der Waals surface area (Å²) >= 11 is 4.03. The molecule has 4 amide bonds. The van der Waals surface area contributed by atoms with Gasteiger partial charge in [0.25, 0.3) is 0 Å². The van der Waals surface area contributed by atoms with Gasteiger partial charge in [0.15, 0.2) is 0 Å². The van der Waals surface area contributed by atoms with Crippen LogP contribution in [0.4, 0.5) is 11.4 Å². The lowest BCUT2D eigenvalue weighted by atomic mass is 9.95. The summed E-state index contributed by atoms with van der Waals surface area (Å²) in [6, 6.07) is 29.9. The molecule has 1 aromatic heterocycles. The molecular formula is C50H52BrN7O5. The molecule has 0 saturated heterocycles. The smallest absolute Gasteiger partial charge is 0.249 e. The standard InChI is InChI=1S/C50H52BrN7O5/c1-29(52-3)47(59)55-40-22-18-31-11-6-9-16-42(31)57(49(40)61)27-35-13-10-12-32-17-21-36(46(51)45(32)35)33-20-24-43-34(25-33)19-23-41(56-48(60)30(2)53-4)50(62)58(43)28-38-37-14-7-8-15-39(37)54-26-44(38)63-5/h6-17,20-21,24-26,29-30,40-41,52-53H,18-19,22-23,27-28H2,1-5H3,(H,55,59)(H,56,60). The van der Waals surface area contributed by atoms with Crippen LogP contribution < -0.4 is 35.8 Å². The van der Waals surface area contributed by atoms with Crippen LogP contribution in [0.15, 0.2) is 108 Å². The number of carbonyl (C=O) groups is 4. The van der Waals surface area contributed by atoms with Crippen molar-refractivity contribution in [3.8, 4) is 16.9 Å². The number of nitrogens with zero attached hydrogens (tertiary/aromatic N) is 3. The summed E-state index contributed by atoms with van der Waals surface area (Å²) in [5, 5.41) is 14.8. The number of ether oxygens (including phenoxy) is 1. The first-order valence-corrected chi connectivity index (χ1v) is 22.2. The van der Waals surface area contributed by atoms with Gasteiger partial charge in [-0.15, -0.1) is 0 Å². The number of methoxy groups -OCH3 is 1. The van der Waals surface area contributed by atoms with Crippen molar-refractivity contribution >= 4 is 72.6 Å². The Morgan fingerprint density at radius 2 is 1.40 bits per heavy atom. The molecule has 0 spiro atoms. The van der Waals surface area contributed by atoms with E-state index in [1.807, 2.05) is 65.6 Å². The quantitative estimate of drug-likeness (QED) is 0.103.